The number of nitro groups is 1. The molecule has 0 aliphatic rings. The molecule has 0 saturated heterocycles. The summed E-state index contributed by atoms with van der Waals surface area (Å²) in [4.78, 5) is 14.2. The molecule has 0 bridgehead atoms. The van der Waals surface area contributed by atoms with Crippen molar-refractivity contribution < 1.29 is 14.2 Å². The molecule has 0 saturated carbocycles. The van der Waals surface area contributed by atoms with Gasteiger partial charge >= 0.3 is 5.69 Å². The van der Waals surface area contributed by atoms with Gasteiger partial charge in [-0.2, -0.15) is 4.98 Å². The fourth-order valence-corrected chi connectivity index (χ4v) is 1.46. The van der Waals surface area contributed by atoms with Crippen molar-refractivity contribution in [3.8, 4) is 5.75 Å². The molecule has 0 radical (unpaired) electrons. The lowest BCUT2D eigenvalue weighted by Gasteiger charge is -2.04. The van der Waals surface area contributed by atoms with E-state index in [1.54, 1.807) is 6.92 Å². The number of aromatic nitrogens is 2. The summed E-state index contributed by atoms with van der Waals surface area (Å²) in [5.74, 6) is 0.822. The molecule has 8 heteroatoms. The summed E-state index contributed by atoms with van der Waals surface area (Å²) in [7, 11) is 0. The maximum atomic E-state index is 10.8. The third-order valence-corrected chi connectivity index (χ3v) is 2.28. The first kappa shape index (κ1) is 12.3. The van der Waals surface area contributed by atoms with Crippen LogP contribution in [0.2, 0.25) is 5.02 Å². The van der Waals surface area contributed by atoms with Crippen molar-refractivity contribution in [2.45, 2.75) is 13.5 Å². The molecule has 1 aromatic heterocycles. The monoisotopic (exact) mass is 269 g/mol. The molecule has 1 aromatic carbocycles. The van der Waals surface area contributed by atoms with E-state index in [0.717, 1.165) is 0 Å². The van der Waals surface area contributed by atoms with Crippen LogP contribution >= 0.6 is 11.6 Å². The Morgan fingerprint density at radius 3 is 2.94 bits per heavy atom. The van der Waals surface area contributed by atoms with Crippen molar-refractivity contribution in [3.05, 3.63) is 45.1 Å². The predicted molar refractivity (Wildman–Crippen MR) is 61.5 cm³/mol. The van der Waals surface area contributed by atoms with Gasteiger partial charge in [0.1, 0.15) is 0 Å². The van der Waals surface area contributed by atoms with E-state index >= 15 is 0 Å². The summed E-state index contributed by atoms with van der Waals surface area (Å²) in [6.07, 6.45) is 0. The molecule has 0 spiro atoms. The lowest BCUT2D eigenvalue weighted by atomic mass is 10.3. The largest absolute Gasteiger partial charge is 0.478 e. The van der Waals surface area contributed by atoms with Gasteiger partial charge in [0.15, 0.2) is 12.4 Å². The minimum atomic E-state index is -0.567. The molecular formula is C10H8ClN3O4. The molecule has 18 heavy (non-hydrogen) atoms. The molecule has 94 valence electrons. The molecule has 2 aromatic rings. The Morgan fingerprint density at radius 1 is 1.56 bits per heavy atom. The number of aryl methyl sites for hydroxylation is 1. The quantitative estimate of drug-likeness (QED) is 0.625. The third kappa shape index (κ3) is 2.75. The van der Waals surface area contributed by atoms with Gasteiger partial charge in [-0.05, 0) is 12.1 Å². The Balaban J connectivity index is 2.16. The van der Waals surface area contributed by atoms with E-state index in [4.69, 9.17) is 20.9 Å². The zero-order chi connectivity index (χ0) is 13.1. The highest BCUT2D eigenvalue weighted by Gasteiger charge is 2.16. The lowest BCUT2D eigenvalue weighted by Crippen LogP contribution is -2.00. The van der Waals surface area contributed by atoms with Crippen LogP contribution in [0.3, 0.4) is 0 Å². The zero-order valence-corrected chi connectivity index (χ0v) is 10.0. The Bertz CT molecular complexity index is 584. The summed E-state index contributed by atoms with van der Waals surface area (Å²) in [6.45, 7) is 1.63. The second-order valence-electron chi connectivity index (χ2n) is 3.39. The number of halogens is 1. The van der Waals surface area contributed by atoms with Gasteiger partial charge in [0.2, 0.25) is 11.7 Å². The van der Waals surface area contributed by atoms with Gasteiger partial charge in [-0.3, -0.25) is 10.1 Å². The first-order chi connectivity index (χ1) is 8.56. The fourth-order valence-electron chi connectivity index (χ4n) is 1.30. The Morgan fingerprint density at radius 2 is 2.33 bits per heavy atom. The molecule has 0 atom stereocenters. The van der Waals surface area contributed by atoms with E-state index in [2.05, 4.69) is 10.1 Å². The second kappa shape index (κ2) is 5.01. The van der Waals surface area contributed by atoms with Gasteiger partial charge in [0, 0.05) is 18.0 Å². The molecule has 0 N–H and O–H groups in total. The predicted octanol–water partition coefficient (Wildman–Crippen LogP) is 2.52. The van der Waals surface area contributed by atoms with Crippen molar-refractivity contribution in [1.29, 1.82) is 0 Å². The van der Waals surface area contributed by atoms with Crippen molar-refractivity contribution in [2.75, 3.05) is 0 Å². The normalized spacial score (nSPS) is 10.3. The first-order valence-corrected chi connectivity index (χ1v) is 5.30. The maximum absolute atomic E-state index is 10.8. The minimum absolute atomic E-state index is 0.0141. The van der Waals surface area contributed by atoms with Crippen molar-refractivity contribution in [3.63, 3.8) is 0 Å². The molecule has 0 unspecified atom stereocenters. The number of ether oxygens (including phenoxy) is 1. The van der Waals surface area contributed by atoms with Crippen LogP contribution in [-0.2, 0) is 6.61 Å². The summed E-state index contributed by atoms with van der Waals surface area (Å²) >= 11 is 5.68. The molecule has 0 aliphatic carbocycles. The highest BCUT2D eigenvalue weighted by atomic mass is 35.5. The van der Waals surface area contributed by atoms with Gasteiger partial charge < -0.3 is 9.26 Å². The lowest BCUT2D eigenvalue weighted by molar-refractivity contribution is -0.385. The summed E-state index contributed by atoms with van der Waals surface area (Å²) < 4.78 is 10.0. The van der Waals surface area contributed by atoms with Crippen molar-refractivity contribution >= 4 is 17.3 Å². The topological polar surface area (TPSA) is 91.3 Å². The van der Waals surface area contributed by atoms with Crippen LogP contribution in [0.5, 0.6) is 5.75 Å². The molecule has 0 fully saturated rings. The maximum Gasteiger partial charge on any atom is 0.312 e. The van der Waals surface area contributed by atoms with Gasteiger partial charge in [-0.25, -0.2) is 0 Å². The average Bonchev–Trinajstić information content (AvgIpc) is 2.73. The highest BCUT2D eigenvalue weighted by molar-refractivity contribution is 6.30. The smallest absolute Gasteiger partial charge is 0.312 e. The van der Waals surface area contributed by atoms with Crippen LogP contribution < -0.4 is 4.74 Å². The number of hydrogen-bond acceptors (Lipinski definition) is 6. The highest BCUT2D eigenvalue weighted by Crippen LogP contribution is 2.30. The van der Waals surface area contributed by atoms with Gasteiger partial charge in [-0.15, -0.1) is 0 Å². The van der Waals surface area contributed by atoms with Crippen LogP contribution in [-0.4, -0.2) is 15.1 Å². The molecule has 7 nitrogen and oxygen atoms in total. The van der Waals surface area contributed by atoms with E-state index in [1.165, 1.54) is 18.2 Å². The number of rotatable bonds is 4. The van der Waals surface area contributed by atoms with E-state index in [-0.39, 0.29) is 23.1 Å². The van der Waals surface area contributed by atoms with Gasteiger partial charge in [-0.1, -0.05) is 16.8 Å². The van der Waals surface area contributed by atoms with Gasteiger partial charge in [0.05, 0.1) is 4.92 Å². The standard InChI is InChI=1S/C10H8ClN3O4/c1-6-12-10(13-18-6)5-17-9-3-2-7(11)4-8(9)14(15)16/h2-4H,5H2,1H3. The van der Waals surface area contributed by atoms with E-state index in [9.17, 15) is 10.1 Å². The fraction of sp³-hybridized carbons (Fsp3) is 0.200. The summed E-state index contributed by atoms with van der Waals surface area (Å²) in [5, 5.41) is 14.7. The molecule has 0 aliphatic heterocycles. The van der Waals surface area contributed by atoms with E-state index in [0.29, 0.717) is 11.7 Å². The minimum Gasteiger partial charge on any atom is -0.478 e. The van der Waals surface area contributed by atoms with Crippen LogP contribution in [0.25, 0.3) is 0 Å². The number of nitro benzene ring substituents is 1. The Labute approximate surface area is 106 Å². The van der Waals surface area contributed by atoms with E-state index in [1.807, 2.05) is 0 Å². The number of nitrogens with zero attached hydrogens (tertiary/aromatic N) is 3. The van der Waals surface area contributed by atoms with Crippen molar-refractivity contribution in [2.24, 2.45) is 0 Å². The second-order valence-corrected chi connectivity index (χ2v) is 3.82. The van der Waals surface area contributed by atoms with Crippen LogP contribution in [0.4, 0.5) is 5.69 Å². The van der Waals surface area contributed by atoms with Crippen molar-refractivity contribution in [1.82, 2.24) is 10.1 Å². The summed E-state index contributed by atoms with van der Waals surface area (Å²) in [6, 6.07) is 4.15. The van der Waals surface area contributed by atoms with Crippen LogP contribution in [0, 0.1) is 17.0 Å². The first-order valence-electron chi connectivity index (χ1n) is 4.92. The van der Waals surface area contributed by atoms with Crippen LogP contribution in [0.1, 0.15) is 11.7 Å². The SMILES string of the molecule is Cc1nc(COc2ccc(Cl)cc2[N+](=O)[O-])no1. The zero-order valence-electron chi connectivity index (χ0n) is 9.29. The average molecular weight is 270 g/mol. The molecule has 1 heterocycles. The molecule has 0 amide bonds. The third-order valence-electron chi connectivity index (χ3n) is 2.04. The Hall–Kier alpha value is -2.15. The molecular weight excluding hydrogens is 262 g/mol. The summed E-state index contributed by atoms with van der Waals surface area (Å²) in [5.41, 5.74) is -0.206. The van der Waals surface area contributed by atoms with E-state index < -0.39 is 4.92 Å². The molecule has 2 rings (SSSR count). The van der Waals surface area contributed by atoms with Crippen LogP contribution in [0.15, 0.2) is 22.7 Å². The van der Waals surface area contributed by atoms with Gasteiger partial charge in [0.25, 0.3) is 0 Å². The Kier molecular flexibility index (Phi) is 3.42. The number of benzene rings is 1. The number of hydrogen-bond donors (Lipinski definition) is 0.